The number of rotatable bonds is 7. The van der Waals surface area contributed by atoms with Gasteiger partial charge in [0.25, 0.3) is 11.8 Å². The van der Waals surface area contributed by atoms with E-state index in [0.717, 1.165) is 18.4 Å². The van der Waals surface area contributed by atoms with Crippen molar-refractivity contribution in [2.75, 3.05) is 13.7 Å². The molecule has 2 aromatic carbocycles. The van der Waals surface area contributed by atoms with Crippen LogP contribution in [-0.4, -0.2) is 36.4 Å². The van der Waals surface area contributed by atoms with Gasteiger partial charge in [-0.25, -0.2) is 4.39 Å². The molecular weight excluding hydrogens is 415 g/mol. The van der Waals surface area contributed by atoms with Gasteiger partial charge in [-0.05, 0) is 48.7 Å². The number of hydrogen-bond donors (Lipinski definition) is 1. The van der Waals surface area contributed by atoms with Crippen molar-refractivity contribution in [1.82, 2.24) is 10.2 Å². The maximum absolute atomic E-state index is 13.8. The van der Waals surface area contributed by atoms with Gasteiger partial charge in [0.05, 0.1) is 0 Å². The van der Waals surface area contributed by atoms with Crippen LogP contribution >= 0.6 is 15.9 Å². The second-order valence-corrected chi connectivity index (χ2v) is 7.31. The van der Waals surface area contributed by atoms with Gasteiger partial charge >= 0.3 is 0 Å². The molecule has 1 saturated carbocycles. The maximum Gasteiger partial charge on any atom is 0.261 e. The number of carbonyl (C=O) groups excluding carboxylic acids is 2. The predicted octanol–water partition coefficient (Wildman–Crippen LogP) is 3.52. The Morgan fingerprint density at radius 2 is 1.93 bits per heavy atom. The van der Waals surface area contributed by atoms with Crippen molar-refractivity contribution >= 4 is 27.7 Å². The summed E-state index contributed by atoms with van der Waals surface area (Å²) in [5.74, 6) is -0.797. The molecule has 3 rings (SSSR count). The van der Waals surface area contributed by atoms with Crippen LogP contribution in [0.2, 0.25) is 0 Å². The van der Waals surface area contributed by atoms with Crippen LogP contribution in [0.1, 0.15) is 28.8 Å². The normalized spacial score (nSPS) is 13.1. The summed E-state index contributed by atoms with van der Waals surface area (Å²) in [4.78, 5) is 26.0. The Morgan fingerprint density at radius 3 is 2.52 bits per heavy atom. The summed E-state index contributed by atoms with van der Waals surface area (Å²) >= 11 is 3.19. The summed E-state index contributed by atoms with van der Waals surface area (Å²) in [5, 5.41) is 2.57. The van der Waals surface area contributed by atoms with E-state index in [1.165, 1.54) is 12.1 Å². The summed E-state index contributed by atoms with van der Waals surface area (Å²) in [7, 11) is 1.58. The molecule has 5 nitrogen and oxygen atoms in total. The average Bonchev–Trinajstić information content (AvgIpc) is 3.50. The summed E-state index contributed by atoms with van der Waals surface area (Å²) in [6, 6.07) is 11.8. The van der Waals surface area contributed by atoms with Gasteiger partial charge in [-0.1, -0.05) is 28.1 Å². The first-order valence-corrected chi connectivity index (χ1v) is 9.45. The van der Waals surface area contributed by atoms with Crippen molar-refractivity contribution in [2.45, 2.75) is 25.4 Å². The van der Waals surface area contributed by atoms with Crippen molar-refractivity contribution in [2.24, 2.45) is 0 Å². The van der Waals surface area contributed by atoms with Crippen molar-refractivity contribution in [3.63, 3.8) is 0 Å². The minimum atomic E-state index is -0.514. The topological polar surface area (TPSA) is 58.6 Å². The summed E-state index contributed by atoms with van der Waals surface area (Å²) in [5.41, 5.74) is 1.50. The molecule has 0 spiro atoms. The molecule has 1 fully saturated rings. The first kappa shape index (κ1) is 19.4. The lowest BCUT2D eigenvalue weighted by Gasteiger charge is -2.23. The highest BCUT2D eigenvalue weighted by atomic mass is 79.9. The SMILES string of the molecule is CNC(=O)c1ccc(CN(C(=O)COc2ccc(Br)cc2F)C2CC2)cc1. The number of hydrogen-bond acceptors (Lipinski definition) is 3. The number of nitrogens with one attached hydrogen (secondary N) is 1. The van der Waals surface area contributed by atoms with Gasteiger partial charge < -0.3 is 15.0 Å². The van der Waals surface area contributed by atoms with Gasteiger partial charge in [-0.15, -0.1) is 0 Å². The van der Waals surface area contributed by atoms with Crippen LogP contribution in [0.5, 0.6) is 5.75 Å². The third-order valence-corrected chi connectivity index (χ3v) is 4.84. The Kier molecular flexibility index (Phi) is 6.11. The smallest absolute Gasteiger partial charge is 0.261 e. The average molecular weight is 435 g/mol. The highest BCUT2D eigenvalue weighted by Crippen LogP contribution is 2.29. The molecule has 1 N–H and O–H groups in total. The lowest BCUT2D eigenvalue weighted by molar-refractivity contribution is -0.134. The molecule has 0 heterocycles. The molecule has 2 amide bonds. The number of amides is 2. The highest BCUT2D eigenvalue weighted by Gasteiger charge is 2.32. The third kappa shape index (κ3) is 5.07. The molecule has 0 aromatic heterocycles. The Hall–Kier alpha value is -2.41. The van der Waals surface area contributed by atoms with E-state index in [2.05, 4.69) is 21.2 Å². The van der Waals surface area contributed by atoms with E-state index >= 15 is 0 Å². The zero-order valence-corrected chi connectivity index (χ0v) is 16.5. The lowest BCUT2D eigenvalue weighted by Crippen LogP contribution is -2.36. The van der Waals surface area contributed by atoms with Crippen molar-refractivity contribution in [3.05, 3.63) is 63.9 Å². The van der Waals surface area contributed by atoms with Crippen molar-refractivity contribution in [1.29, 1.82) is 0 Å². The van der Waals surface area contributed by atoms with Crippen molar-refractivity contribution in [3.8, 4) is 5.75 Å². The highest BCUT2D eigenvalue weighted by molar-refractivity contribution is 9.10. The third-order valence-electron chi connectivity index (χ3n) is 4.35. The predicted molar refractivity (Wildman–Crippen MR) is 103 cm³/mol. The van der Waals surface area contributed by atoms with Gasteiger partial charge in [0.2, 0.25) is 0 Å². The van der Waals surface area contributed by atoms with E-state index in [4.69, 9.17) is 4.74 Å². The van der Waals surface area contributed by atoms with E-state index in [1.54, 1.807) is 30.1 Å². The molecule has 0 radical (unpaired) electrons. The first-order chi connectivity index (χ1) is 13.0. The number of benzene rings is 2. The Balaban J connectivity index is 1.63. The molecule has 1 aliphatic rings. The summed E-state index contributed by atoms with van der Waals surface area (Å²) in [6.07, 6.45) is 1.91. The van der Waals surface area contributed by atoms with E-state index in [9.17, 15) is 14.0 Å². The zero-order chi connectivity index (χ0) is 19.4. The van der Waals surface area contributed by atoms with E-state index < -0.39 is 5.82 Å². The number of ether oxygens (including phenoxy) is 1. The number of halogens is 2. The van der Waals surface area contributed by atoms with E-state index in [0.29, 0.717) is 16.6 Å². The molecule has 0 atom stereocenters. The quantitative estimate of drug-likeness (QED) is 0.724. The van der Waals surface area contributed by atoms with Crippen LogP contribution in [0, 0.1) is 5.82 Å². The monoisotopic (exact) mass is 434 g/mol. The maximum atomic E-state index is 13.8. The van der Waals surface area contributed by atoms with Crippen LogP contribution in [0.4, 0.5) is 4.39 Å². The van der Waals surface area contributed by atoms with Crippen LogP contribution in [0.3, 0.4) is 0 Å². The molecule has 7 heteroatoms. The number of carbonyl (C=O) groups is 2. The van der Waals surface area contributed by atoms with Gasteiger partial charge in [-0.2, -0.15) is 0 Å². The number of nitrogens with zero attached hydrogens (tertiary/aromatic N) is 1. The lowest BCUT2D eigenvalue weighted by atomic mass is 10.1. The van der Waals surface area contributed by atoms with E-state index in [-0.39, 0.29) is 30.2 Å². The van der Waals surface area contributed by atoms with Gasteiger partial charge in [0.1, 0.15) is 0 Å². The van der Waals surface area contributed by atoms with Crippen LogP contribution < -0.4 is 10.1 Å². The molecule has 1 aliphatic carbocycles. The second kappa shape index (κ2) is 8.52. The summed E-state index contributed by atoms with van der Waals surface area (Å²) < 4.78 is 19.8. The minimum Gasteiger partial charge on any atom is -0.481 e. The molecule has 0 bridgehead atoms. The fourth-order valence-corrected chi connectivity index (χ4v) is 3.06. The van der Waals surface area contributed by atoms with Gasteiger partial charge in [-0.3, -0.25) is 9.59 Å². The second-order valence-electron chi connectivity index (χ2n) is 6.39. The molecule has 0 unspecified atom stereocenters. The fraction of sp³-hybridized carbons (Fsp3) is 0.300. The Morgan fingerprint density at radius 1 is 1.22 bits per heavy atom. The fourth-order valence-electron chi connectivity index (χ4n) is 2.72. The standard InChI is InChI=1S/C20H20BrFN2O3/c1-23-20(26)14-4-2-13(3-5-14)11-24(16-7-8-16)19(25)12-27-18-9-6-15(21)10-17(18)22/h2-6,9-10,16H,7-8,11-12H2,1H3,(H,23,26). The largest absolute Gasteiger partial charge is 0.481 e. The molecular formula is C20H20BrFN2O3. The molecule has 0 saturated heterocycles. The Bertz CT molecular complexity index is 838. The van der Waals surface area contributed by atoms with Crippen LogP contribution in [0.15, 0.2) is 46.9 Å². The zero-order valence-electron chi connectivity index (χ0n) is 14.9. The minimum absolute atomic E-state index is 0.0530. The van der Waals surface area contributed by atoms with Crippen LogP contribution in [-0.2, 0) is 11.3 Å². The van der Waals surface area contributed by atoms with Gasteiger partial charge in [0, 0.05) is 29.7 Å². The first-order valence-electron chi connectivity index (χ1n) is 8.66. The van der Waals surface area contributed by atoms with E-state index in [1.807, 2.05) is 12.1 Å². The van der Waals surface area contributed by atoms with Gasteiger partial charge in [0.15, 0.2) is 18.2 Å². The Labute approximate surface area is 165 Å². The van der Waals surface area contributed by atoms with Crippen LogP contribution in [0.25, 0.3) is 0 Å². The summed E-state index contributed by atoms with van der Waals surface area (Å²) in [6.45, 7) is 0.217. The molecule has 27 heavy (non-hydrogen) atoms. The molecule has 2 aromatic rings. The molecule has 0 aliphatic heterocycles. The molecule has 142 valence electrons. The van der Waals surface area contributed by atoms with Crippen molar-refractivity contribution < 1.29 is 18.7 Å².